The van der Waals surface area contributed by atoms with Gasteiger partial charge in [-0.2, -0.15) is 0 Å². The highest BCUT2D eigenvalue weighted by Crippen LogP contribution is 2.27. The third-order valence-corrected chi connectivity index (χ3v) is 3.05. The summed E-state index contributed by atoms with van der Waals surface area (Å²) in [7, 11) is 3.05. The molecule has 1 heterocycles. The maximum absolute atomic E-state index is 13.2. The molecule has 0 aliphatic rings. The number of aryl methyl sites for hydroxylation is 1. The van der Waals surface area contributed by atoms with Crippen LogP contribution in [0.25, 0.3) is 10.9 Å². The van der Waals surface area contributed by atoms with Crippen molar-refractivity contribution in [2.75, 3.05) is 7.11 Å². The zero-order valence-corrected chi connectivity index (χ0v) is 10.2. The Bertz CT molecular complexity index is 592. The van der Waals surface area contributed by atoms with E-state index in [0.717, 1.165) is 0 Å². The van der Waals surface area contributed by atoms with E-state index in [9.17, 15) is 9.18 Å². The largest absolute Gasteiger partial charge is 0.465 e. The van der Waals surface area contributed by atoms with Crippen molar-refractivity contribution in [2.24, 2.45) is 7.05 Å². The Hall–Kier alpha value is -1.55. The number of rotatable bonds is 2. The number of benzene rings is 1. The predicted octanol–water partition coefficient (Wildman–Crippen LogP) is 2.84. The smallest absolute Gasteiger partial charge is 0.340 e. The normalized spacial score (nSPS) is 10.8. The van der Waals surface area contributed by atoms with Gasteiger partial charge in [0.15, 0.2) is 0 Å². The average molecular weight is 256 g/mol. The summed E-state index contributed by atoms with van der Waals surface area (Å²) in [5.41, 5.74) is 1.65. The van der Waals surface area contributed by atoms with E-state index in [2.05, 4.69) is 0 Å². The van der Waals surface area contributed by atoms with Crippen molar-refractivity contribution in [1.82, 2.24) is 4.57 Å². The van der Waals surface area contributed by atoms with Gasteiger partial charge in [0.2, 0.25) is 0 Å². The van der Waals surface area contributed by atoms with Crippen LogP contribution in [0.2, 0.25) is 0 Å². The highest BCUT2D eigenvalue weighted by Gasteiger charge is 2.21. The van der Waals surface area contributed by atoms with Crippen LogP contribution in [0.15, 0.2) is 18.2 Å². The van der Waals surface area contributed by atoms with Crippen molar-refractivity contribution in [1.29, 1.82) is 0 Å². The van der Waals surface area contributed by atoms with Gasteiger partial charge in [-0.25, -0.2) is 9.18 Å². The summed E-state index contributed by atoms with van der Waals surface area (Å²) in [5, 5.41) is 0.649. The van der Waals surface area contributed by atoms with E-state index < -0.39 is 5.97 Å². The molecular weight excluding hydrogens is 245 g/mol. The molecule has 90 valence electrons. The van der Waals surface area contributed by atoms with Gasteiger partial charge in [0, 0.05) is 18.1 Å². The quantitative estimate of drug-likeness (QED) is 0.610. The zero-order valence-electron chi connectivity index (χ0n) is 9.46. The Balaban J connectivity index is 2.84. The lowest BCUT2D eigenvalue weighted by Crippen LogP contribution is -2.05. The van der Waals surface area contributed by atoms with Gasteiger partial charge in [-0.3, -0.25) is 0 Å². The van der Waals surface area contributed by atoms with Crippen LogP contribution in [0.3, 0.4) is 0 Å². The molecule has 0 bridgehead atoms. The number of halogens is 2. The van der Waals surface area contributed by atoms with E-state index in [0.29, 0.717) is 22.2 Å². The molecule has 0 N–H and O–H groups in total. The number of aromatic nitrogens is 1. The molecule has 17 heavy (non-hydrogen) atoms. The molecule has 0 fully saturated rings. The Morgan fingerprint density at radius 2 is 2.24 bits per heavy atom. The lowest BCUT2D eigenvalue weighted by Gasteiger charge is -2.02. The molecule has 0 unspecified atom stereocenters. The molecule has 0 radical (unpaired) electrons. The van der Waals surface area contributed by atoms with Crippen molar-refractivity contribution in [2.45, 2.75) is 5.88 Å². The van der Waals surface area contributed by atoms with E-state index in [1.54, 1.807) is 17.7 Å². The summed E-state index contributed by atoms with van der Waals surface area (Å²) in [5.74, 6) is -0.648. The molecule has 0 saturated carbocycles. The second kappa shape index (κ2) is 4.37. The van der Waals surface area contributed by atoms with Crippen molar-refractivity contribution in [3.63, 3.8) is 0 Å². The number of methoxy groups -OCH3 is 1. The Morgan fingerprint density at radius 1 is 1.53 bits per heavy atom. The fourth-order valence-electron chi connectivity index (χ4n) is 1.95. The SMILES string of the molecule is COC(=O)c1c(CCl)n(C)c2cc(F)ccc12. The topological polar surface area (TPSA) is 31.2 Å². The number of alkyl halides is 1. The van der Waals surface area contributed by atoms with Crippen molar-refractivity contribution in [3.8, 4) is 0 Å². The van der Waals surface area contributed by atoms with Gasteiger partial charge in [0.1, 0.15) is 5.82 Å². The summed E-state index contributed by atoms with van der Waals surface area (Å²) < 4.78 is 19.6. The van der Waals surface area contributed by atoms with Crippen LogP contribution in [-0.4, -0.2) is 17.6 Å². The van der Waals surface area contributed by atoms with E-state index in [4.69, 9.17) is 16.3 Å². The fourth-order valence-corrected chi connectivity index (χ4v) is 2.26. The minimum atomic E-state index is -0.460. The van der Waals surface area contributed by atoms with Crippen molar-refractivity contribution < 1.29 is 13.9 Å². The lowest BCUT2D eigenvalue weighted by atomic mass is 10.1. The molecule has 0 amide bonds. The fraction of sp³-hybridized carbons (Fsp3) is 0.250. The molecule has 0 saturated heterocycles. The average Bonchev–Trinajstić information content (AvgIpc) is 2.61. The number of hydrogen-bond acceptors (Lipinski definition) is 2. The first-order valence-electron chi connectivity index (χ1n) is 5.01. The van der Waals surface area contributed by atoms with Crippen LogP contribution in [0.1, 0.15) is 16.1 Å². The highest BCUT2D eigenvalue weighted by atomic mass is 35.5. The van der Waals surface area contributed by atoms with Crippen LogP contribution in [0, 0.1) is 5.82 Å². The molecule has 0 spiro atoms. The second-order valence-electron chi connectivity index (χ2n) is 3.67. The molecule has 2 rings (SSSR count). The monoisotopic (exact) mass is 255 g/mol. The minimum Gasteiger partial charge on any atom is -0.465 e. The van der Waals surface area contributed by atoms with Gasteiger partial charge < -0.3 is 9.30 Å². The Labute approximate surface area is 103 Å². The number of hydrogen-bond donors (Lipinski definition) is 0. The first-order chi connectivity index (χ1) is 8.10. The molecule has 0 atom stereocenters. The minimum absolute atomic E-state index is 0.164. The van der Waals surface area contributed by atoms with Crippen LogP contribution >= 0.6 is 11.6 Å². The van der Waals surface area contributed by atoms with Gasteiger partial charge in [-0.05, 0) is 18.2 Å². The van der Waals surface area contributed by atoms with Gasteiger partial charge in [0.25, 0.3) is 0 Å². The van der Waals surface area contributed by atoms with Gasteiger partial charge >= 0.3 is 5.97 Å². The molecule has 1 aromatic heterocycles. The molecule has 0 aliphatic carbocycles. The summed E-state index contributed by atoms with van der Waals surface area (Å²) in [6, 6.07) is 4.25. The van der Waals surface area contributed by atoms with Crippen LogP contribution in [-0.2, 0) is 17.7 Å². The molecule has 5 heteroatoms. The molecule has 1 aromatic carbocycles. The number of nitrogens with zero attached hydrogens (tertiary/aromatic N) is 1. The number of carbonyl (C=O) groups is 1. The number of ether oxygens (including phenoxy) is 1. The van der Waals surface area contributed by atoms with Crippen LogP contribution in [0.4, 0.5) is 4.39 Å². The molecule has 3 nitrogen and oxygen atoms in total. The molecule has 2 aromatic rings. The van der Waals surface area contributed by atoms with Gasteiger partial charge in [-0.15, -0.1) is 11.6 Å². The lowest BCUT2D eigenvalue weighted by molar-refractivity contribution is 0.0601. The first-order valence-corrected chi connectivity index (χ1v) is 5.54. The van der Waals surface area contributed by atoms with E-state index in [1.807, 2.05) is 0 Å². The predicted molar refractivity (Wildman–Crippen MR) is 63.8 cm³/mol. The van der Waals surface area contributed by atoms with Gasteiger partial charge in [0.05, 0.1) is 24.1 Å². The third-order valence-electron chi connectivity index (χ3n) is 2.80. The summed E-state index contributed by atoms with van der Waals surface area (Å²) >= 11 is 5.83. The van der Waals surface area contributed by atoms with Crippen molar-refractivity contribution >= 4 is 28.5 Å². The summed E-state index contributed by atoms with van der Waals surface area (Å²) in [4.78, 5) is 11.7. The molecule has 0 aliphatic heterocycles. The Morgan fingerprint density at radius 3 is 2.82 bits per heavy atom. The zero-order chi connectivity index (χ0) is 12.6. The van der Waals surface area contributed by atoms with E-state index in [1.165, 1.54) is 19.2 Å². The Kier molecular flexibility index (Phi) is 3.07. The van der Waals surface area contributed by atoms with Crippen LogP contribution in [0.5, 0.6) is 0 Å². The van der Waals surface area contributed by atoms with Crippen molar-refractivity contribution in [3.05, 3.63) is 35.3 Å². The van der Waals surface area contributed by atoms with Crippen LogP contribution < -0.4 is 0 Å². The first kappa shape index (κ1) is 11.9. The highest BCUT2D eigenvalue weighted by molar-refractivity contribution is 6.18. The van der Waals surface area contributed by atoms with E-state index >= 15 is 0 Å². The second-order valence-corrected chi connectivity index (χ2v) is 3.93. The standard InChI is InChI=1S/C12H11ClFNO2/c1-15-9-5-7(14)3-4-8(9)11(10(15)6-13)12(16)17-2/h3-5H,6H2,1-2H3. The number of carbonyl (C=O) groups excluding carboxylic acids is 1. The van der Waals surface area contributed by atoms with Gasteiger partial charge in [-0.1, -0.05) is 0 Å². The maximum atomic E-state index is 13.2. The summed E-state index contributed by atoms with van der Waals surface area (Å²) in [6.07, 6.45) is 0. The van der Waals surface area contributed by atoms with E-state index in [-0.39, 0.29) is 11.7 Å². The molecular formula is C12H11ClFNO2. The maximum Gasteiger partial charge on any atom is 0.340 e. The number of esters is 1. The summed E-state index contributed by atoms with van der Waals surface area (Å²) in [6.45, 7) is 0. The number of fused-ring (bicyclic) bond motifs is 1. The third kappa shape index (κ3) is 1.78.